The third-order valence-corrected chi connectivity index (χ3v) is 7.47. The highest BCUT2D eigenvalue weighted by Crippen LogP contribution is 2.42. The summed E-state index contributed by atoms with van der Waals surface area (Å²) in [6, 6.07) is 0. The Morgan fingerprint density at radius 2 is 1.62 bits per heavy atom. The number of amides is 1. The Morgan fingerprint density at radius 1 is 1.00 bits per heavy atom. The standard InChI is InChI=1S/C16H29NO3S/c1-2-3-4-5-6-10-13-17-15(18)14-21(19,20)16(17)11-8-7-9-12-16/h2-14H2,1H3. The lowest BCUT2D eigenvalue weighted by Gasteiger charge is -2.39. The molecule has 2 fully saturated rings. The summed E-state index contributed by atoms with van der Waals surface area (Å²) in [5, 5.41) is 0. The second-order valence-corrected chi connectivity index (χ2v) is 8.86. The number of carbonyl (C=O) groups is 1. The first-order valence-corrected chi connectivity index (χ1v) is 10.2. The van der Waals surface area contributed by atoms with Gasteiger partial charge in [-0.15, -0.1) is 0 Å². The fraction of sp³-hybridized carbons (Fsp3) is 0.938. The average Bonchev–Trinajstić information content (AvgIpc) is 2.63. The maximum absolute atomic E-state index is 12.5. The Bertz CT molecular complexity index is 452. The van der Waals surface area contributed by atoms with E-state index in [1.165, 1.54) is 25.7 Å². The van der Waals surface area contributed by atoms with Crippen molar-refractivity contribution in [3.05, 3.63) is 0 Å². The Kier molecular flexibility index (Phi) is 5.69. The van der Waals surface area contributed by atoms with Crippen molar-refractivity contribution in [2.45, 2.75) is 82.4 Å². The maximum Gasteiger partial charge on any atom is 0.239 e. The van der Waals surface area contributed by atoms with Crippen LogP contribution in [0.2, 0.25) is 0 Å². The van der Waals surface area contributed by atoms with E-state index in [1.54, 1.807) is 4.90 Å². The molecule has 1 aliphatic carbocycles. The van der Waals surface area contributed by atoms with Gasteiger partial charge in [-0.2, -0.15) is 0 Å². The van der Waals surface area contributed by atoms with Crippen LogP contribution in [0.5, 0.6) is 0 Å². The molecule has 0 atom stereocenters. The third-order valence-electron chi connectivity index (χ3n) is 5.06. The number of carbonyl (C=O) groups excluding carboxylic acids is 1. The molecule has 122 valence electrons. The van der Waals surface area contributed by atoms with Crippen LogP contribution >= 0.6 is 0 Å². The van der Waals surface area contributed by atoms with Crippen molar-refractivity contribution in [1.82, 2.24) is 4.90 Å². The monoisotopic (exact) mass is 315 g/mol. The molecule has 0 unspecified atom stereocenters. The van der Waals surface area contributed by atoms with Crippen LogP contribution in [0.25, 0.3) is 0 Å². The molecular weight excluding hydrogens is 286 g/mol. The van der Waals surface area contributed by atoms with Gasteiger partial charge in [0.05, 0.1) is 0 Å². The average molecular weight is 315 g/mol. The Morgan fingerprint density at radius 3 is 2.29 bits per heavy atom. The molecule has 0 aromatic rings. The number of hydrogen-bond donors (Lipinski definition) is 0. The van der Waals surface area contributed by atoms with Crippen LogP contribution < -0.4 is 0 Å². The second kappa shape index (κ2) is 7.12. The normalized spacial score (nSPS) is 23.9. The predicted octanol–water partition coefficient (Wildman–Crippen LogP) is 3.26. The molecule has 21 heavy (non-hydrogen) atoms. The molecule has 5 heteroatoms. The van der Waals surface area contributed by atoms with Crippen molar-refractivity contribution in [2.75, 3.05) is 12.3 Å². The van der Waals surface area contributed by atoms with Crippen molar-refractivity contribution < 1.29 is 13.2 Å². The summed E-state index contributed by atoms with van der Waals surface area (Å²) in [5.41, 5.74) is 0. The summed E-state index contributed by atoms with van der Waals surface area (Å²) in [5.74, 6) is -0.423. The smallest absolute Gasteiger partial charge is 0.239 e. The molecule has 0 aromatic carbocycles. The lowest BCUT2D eigenvalue weighted by molar-refractivity contribution is -0.131. The van der Waals surface area contributed by atoms with Gasteiger partial charge in [0.1, 0.15) is 10.6 Å². The van der Waals surface area contributed by atoms with Gasteiger partial charge < -0.3 is 4.90 Å². The quantitative estimate of drug-likeness (QED) is 0.678. The Hall–Kier alpha value is -0.580. The molecule has 1 heterocycles. The van der Waals surface area contributed by atoms with E-state index >= 15 is 0 Å². The molecular formula is C16H29NO3S. The molecule has 2 rings (SSSR count). The van der Waals surface area contributed by atoms with Crippen LogP contribution in [0, 0.1) is 0 Å². The predicted molar refractivity (Wildman–Crippen MR) is 84.7 cm³/mol. The van der Waals surface area contributed by atoms with Gasteiger partial charge in [0.25, 0.3) is 0 Å². The highest BCUT2D eigenvalue weighted by Gasteiger charge is 2.56. The fourth-order valence-corrected chi connectivity index (χ4v) is 6.02. The molecule has 1 amide bonds. The minimum absolute atomic E-state index is 0.162. The van der Waals surface area contributed by atoms with Crippen LogP contribution in [0.3, 0.4) is 0 Å². The van der Waals surface area contributed by atoms with E-state index in [9.17, 15) is 13.2 Å². The largest absolute Gasteiger partial charge is 0.322 e. The van der Waals surface area contributed by atoms with Gasteiger partial charge in [-0.05, 0) is 19.3 Å². The highest BCUT2D eigenvalue weighted by molar-refractivity contribution is 7.93. The van der Waals surface area contributed by atoms with E-state index in [0.717, 1.165) is 32.1 Å². The Balaban J connectivity index is 1.94. The number of sulfone groups is 1. The summed E-state index contributed by atoms with van der Waals surface area (Å²) in [4.78, 5) is 13.1. The molecule has 0 N–H and O–H groups in total. The van der Waals surface area contributed by atoms with Crippen molar-refractivity contribution in [2.24, 2.45) is 0 Å². The van der Waals surface area contributed by atoms with E-state index in [0.29, 0.717) is 19.4 Å². The van der Waals surface area contributed by atoms with E-state index < -0.39 is 14.7 Å². The molecule has 4 nitrogen and oxygen atoms in total. The molecule has 1 saturated heterocycles. The zero-order valence-corrected chi connectivity index (χ0v) is 14.1. The first-order chi connectivity index (χ1) is 10.0. The number of hydrogen-bond acceptors (Lipinski definition) is 3. The molecule has 0 radical (unpaired) electrons. The zero-order valence-electron chi connectivity index (χ0n) is 13.3. The van der Waals surface area contributed by atoms with Gasteiger partial charge >= 0.3 is 0 Å². The van der Waals surface area contributed by atoms with Gasteiger partial charge in [-0.3, -0.25) is 4.79 Å². The van der Waals surface area contributed by atoms with Crippen molar-refractivity contribution in [1.29, 1.82) is 0 Å². The van der Waals surface area contributed by atoms with Gasteiger partial charge in [-0.25, -0.2) is 8.42 Å². The van der Waals surface area contributed by atoms with E-state index in [4.69, 9.17) is 0 Å². The molecule has 1 saturated carbocycles. The van der Waals surface area contributed by atoms with Gasteiger partial charge in [0.2, 0.25) is 5.91 Å². The molecule has 0 aromatic heterocycles. The Labute approximate surface area is 129 Å². The van der Waals surface area contributed by atoms with E-state index in [-0.39, 0.29) is 11.7 Å². The van der Waals surface area contributed by atoms with E-state index in [1.807, 2.05) is 0 Å². The third kappa shape index (κ3) is 3.43. The fourth-order valence-electron chi connectivity index (χ4n) is 3.83. The van der Waals surface area contributed by atoms with E-state index in [2.05, 4.69) is 6.92 Å². The summed E-state index contributed by atoms with van der Waals surface area (Å²) in [6.45, 7) is 2.82. The van der Waals surface area contributed by atoms with Crippen LogP contribution in [0.15, 0.2) is 0 Å². The van der Waals surface area contributed by atoms with Crippen molar-refractivity contribution >= 4 is 15.7 Å². The summed E-state index contributed by atoms with van der Waals surface area (Å²) in [6.07, 6.45) is 11.2. The zero-order chi connectivity index (χ0) is 15.3. The van der Waals surface area contributed by atoms with Crippen LogP contribution in [-0.2, 0) is 14.6 Å². The van der Waals surface area contributed by atoms with Crippen LogP contribution in [0.4, 0.5) is 0 Å². The minimum Gasteiger partial charge on any atom is -0.322 e. The van der Waals surface area contributed by atoms with Gasteiger partial charge in [0, 0.05) is 6.54 Å². The highest BCUT2D eigenvalue weighted by atomic mass is 32.2. The maximum atomic E-state index is 12.5. The van der Waals surface area contributed by atoms with Crippen molar-refractivity contribution in [3.8, 4) is 0 Å². The molecule has 0 bridgehead atoms. The van der Waals surface area contributed by atoms with Crippen LogP contribution in [0.1, 0.15) is 77.6 Å². The molecule has 1 spiro atoms. The first kappa shape index (κ1) is 16.8. The van der Waals surface area contributed by atoms with Crippen LogP contribution in [-0.4, -0.2) is 36.4 Å². The van der Waals surface area contributed by atoms with Gasteiger partial charge in [0.15, 0.2) is 9.84 Å². The summed E-state index contributed by atoms with van der Waals surface area (Å²) < 4.78 is 24.9. The SMILES string of the molecule is CCCCCCCCN1C(=O)CS(=O)(=O)C12CCCCC2. The topological polar surface area (TPSA) is 54.5 Å². The number of unbranched alkanes of at least 4 members (excludes halogenated alkanes) is 5. The number of rotatable bonds is 7. The van der Waals surface area contributed by atoms with Gasteiger partial charge in [-0.1, -0.05) is 58.3 Å². The summed E-state index contributed by atoms with van der Waals surface area (Å²) >= 11 is 0. The number of nitrogens with zero attached hydrogens (tertiary/aromatic N) is 1. The van der Waals surface area contributed by atoms with Crippen molar-refractivity contribution in [3.63, 3.8) is 0 Å². The lowest BCUT2D eigenvalue weighted by Crippen LogP contribution is -2.51. The lowest BCUT2D eigenvalue weighted by atomic mass is 9.93. The molecule has 2 aliphatic rings. The second-order valence-electron chi connectivity index (χ2n) is 6.58. The first-order valence-electron chi connectivity index (χ1n) is 8.56. The minimum atomic E-state index is -3.28. The summed E-state index contributed by atoms with van der Waals surface area (Å²) in [7, 11) is -3.28. The molecule has 1 aliphatic heterocycles.